The maximum Gasteiger partial charge on any atom is 0.162 e. The fraction of sp³-hybridized carbons (Fsp3) is 0.556. The van der Waals surface area contributed by atoms with Gasteiger partial charge in [-0.1, -0.05) is 33.8 Å². The molecule has 1 aromatic carbocycles. The summed E-state index contributed by atoms with van der Waals surface area (Å²) in [4.78, 5) is 29.3. The van der Waals surface area contributed by atoms with Crippen molar-refractivity contribution in [2.45, 2.75) is 59.3 Å². The van der Waals surface area contributed by atoms with E-state index < -0.39 is 5.92 Å². The number of hydrogen-bond donors (Lipinski definition) is 1. The summed E-state index contributed by atoms with van der Waals surface area (Å²) in [7, 11) is 3.18. The lowest BCUT2D eigenvalue weighted by atomic mass is 9.63. The third-order valence-electron chi connectivity index (χ3n) is 7.09. The molecule has 2 aliphatic carbocycles. The van der Waals surface area contributed by atoms with Crippen LogP contribution in [0.3, 0.4) is 0 Å². The number of allylic oxidation sites excluding steroid dienone is 4. The highest BCUT2D eigenvalue weighted by molar-refractivity contribution is 6.06. The van der Waals surface area contributed by atoms with Gasteiger partial charge in [0, 0.05) is 47.8 Å². The molecule has 178 valence electrons. The van der Waals surface area contributed by atoms with Crippen LogP contribution >= 0.6 is 0 Å². The fourth-order valence-corrected chi connectivity index (χ4v) is 5.78. The monoisotopic (exact) mass is 453 g/mol. The third kappa shape index (κ3) is 4.10. The van der Waals surface area contributed by atoms with E-state index in [0.29, 0.717) is 42.0 Å². The largest absolute Gasteiger partial charge is 0.493 e. The van der Waals surface area contributed by atoms with Gasteiger partial charge in [-0.3, -0.25) is 9.59 Å². The van der Waals surface area contributed by atoms with Crippen LogP contribution < -0.4 is 9.47 Å². The van der Waals surface area contributed by atoms with Crippen molar-refractivity contribution in [1.29, 1.82) is 0 Å². The van der Waals surface area contributed by atoms with E-state index in [9.17, 15) is 14.7 Å². The van der Waals surface area contributed by atoms with Gasteiger partial charge in [-0.2, -0.15) is 0 Å². The summed E-state index contributed by atoms with van der Waals surface area (Å²) >= 11 is 0. The summed E-state index contributed by atoms with van der Waals surface area (Å²) in [6.07, 6.45) is 2.32. The molecule has 4 rings (SSSR count). The average molecular weight is 454 g/mol. The SMILES string of the molecule is COc1ccc(C2C3=C(CC(C)(C)CC3=O)N(CCO)C3=C2C(=O)CC(C)(C)C3)cc1OC. The van der Waals surface area contributed by atoms with Gasteiger partial charge < -0.3 is 19.5 Å². The minimum absolute atomic E-state index is 0.0438. The van der Waals surface area contributed by atoms with Crippen molar-refractivity contribution in [3.8, 4) is 11.5 Å². The van der Waals surface area contributed by atoms with Crippen LogP contribution in [0.2, 0.25) is 0 Å². The van der Waals surface area contributed by atoms with Gasteiger partial charge in [0.15, 0.2) is 23.1 Å². The van der Waals surface area contributed by atoms with Gasteiger partial charge in [-0.25, -0.2) is 0 Å². The molecular weight excluding hydrogens is 418 g/mol. The van der Waals surface area contributed by atoms with Crippen LogP contribution in [0.25, 0.3) is 0 Å². The van der Waals surface area contributed by atoms with E-state index >= 15 is 0 Å². The quantitative estimate of drug-likeness (QED) is 0.713. The number of β-amino-alcohol motifs (C(OH)–C–C–N with tert-alkyl or cyclic N) is 1. The van der Waals surface area contributed by atoms with E-state index in [2.05, 4.69) is 32.6 Å². The number of methoxy groups -OCH3 is 2. The van der Waals surface area contributed by atoms with E-state index in [1.54, 1.807) is 14.2 Å². The van der Waals surface area contributed by atoms with E-state index in [-0.39, 0.29) is 29.0 Å². The number of rotatable bonds is 5. The lowest BCUT2D eigenvalue weighted by Crippen LogP contribution is -2.45. The van der Waals surface area contributed by atoms with Gasteiger partial charge in [-0.15, -0.1) is 0 Å². The number of ether oxygens (including phenoxy) is 2. The Hall–Kier alpha value is -2.60. The molecule has 1 aromatic rings. The first-order chi connectivity index (χ1) is 15.5. The predicted molar refractivity (Wildman–Crippen MR) is 126 cm³/mol. The Balaban J connectivity index is 1.99. The molecule has 6 heteroatoms. The molecule has 1 N–H and O–H groups in total. The molecule has 0 amide bonds. The minimum Gasteiger partial charge on any atom is -0.493 e. The zero-order valence-electron chi connectivity index (χ0n) is 20.6. The van der Waals surface area contributed by atoms with Gasteiger partial charge in [0.05, 0.1) is 20.8 Å². The first-order valence-corrected chi connectivity index (χ1v) is 11.6. The predicted octanol–water partition coefficient (Wildman–Crippen LogP) is 4.38. The summed E-state index contributed by atoms with van der Waals surface area (Å²) in [6, 6.07) is 5.66. The zero-order valence-corrected chi connectivity index (χ0v) is 20.6. The topological polar surface area (TPSA) is 76.1 Å². The highest BCUT2D eigenvalue weighted by atomic mass is 16.5. The van der Waals surface area contributed by atoms with Crippen LogP contribution in [-0.2, 0) is 9.59 Å². The summed E-state index contributed by atoms with van der Waals surface area (Å²) < 4.78 is 11.0. The zero-order chi connectivity index (χ0) is 24.1. The van der Waals surface area contributed by atoms with Gasteiger partial charge in [-0.05, 0) is 41.4 Å². The number of aliphatic hydroxyl groups excluding tert-OH is 1. The highest BCUT2D eigenvalue weighted by Gasteiger charge is 2.48. The molecule has 33 heavy (non-hydrogen) atoms. The Labute approximate surface area is 196 Å². The van der Waals surface area contributed by atoms with Gasteiger partial charge in [0.1, 0.15) is 0 Å². The Morgan fingerprint density at radius 1 is 0.879 bits per heavy atom. The molecule has 0 saturated heterocycles. The Bertz CT molecular complexity index is 1010. The van der Waals surface area contributed by atoms with Crippen molar-refractivity contribution >= 4 is 11.6 Å². The van der Waals surface area contributed by atoms with E-state index in [0.717, 1.165) is 29.8 Å². The molecule has 0 unspecified atom stereocenters. The lowest BCUT2D eigenvalue weighted by Gasteiger charge is -2.49. The number of ketones is 2. The maximum atomic E-state index is 13.6. The maximum absolute atomic E-state index is 13.6. The first-order valence-electron chi connectivity index (χ1n) is 11.6. The number of hydrogen-bond acceptors (Lipinski definition) is 6. The molecule has 6 nitrogen and oxygen atoms in total. The molecule has 0 atom stereocenters. The van der Waals surface area contributed by atoms with Crippen LogP contribution in [-0.4, -0.2) is 48.9 Å². The van der Waals surface area contributed by atoms with Crippen LogP contribution in [0, 0.1) is 10.8 Å². The van der Waals surface area contributed by atoms with Crippen molar-refractivity contribution in [2.75, 3.05) is 27.4 Å². The molecule has 0 bridgehead atoms. The second-order valence-corrected chi connectivity index (χ2v) is 11.0. The molecule has 3 aliphatic rings. The van der Waals surface area contributed by atoms with Crippen molar-refractivity contribution in [3.05, 3.63) is 46.3 Å². The van der Waals surface area contributed by atoms with Crippen LogP contribution in [0.4, 0.5) is 0 Å². The number of aliphatic hydroxyl groups is 1. The molecule has 0 spiro atoms. The number of carbonyl (C=O) groups is 2. The van der Waals surface area contributed by atoms with Gasteiger partial charge >= 0.3 is 0 Å². The fourth-order valence-electron chi connectivity index (χ4n) is 5.78. The third-order valence-corrected chi connectivity index (χ3v) is 7.09. The number of benzene rings is 1. The second-order valence-electron chi connectivity index (χ2n) is 11.0. The van der Waals surface area contributed by atoms with Crippen LogP contribution in [0.15, 0.2) is 40.7 Å². The molecule has 0 radical (unpaired) electrons. The molecule has 1 heterocycles. The smallest absolute Gasteiger partial charge is 0.162 e. The Kier molecular flexibility index (Phi) is 5.94. The van der Waals surface area contributed by atoms with Gasteiger partial charge in [0.2, 0.25) is 0 Å². The van der Waals surface area contributed by atoms with Crippen molar-refractivity contribution in [3.63, 3.8) is 0 Å². The summed E-state index contributed by atoms with van der Waals surface area (Å²) in [5.74, 6) is 0.900. The van der Waals surface area contributed by atoms with Crippen molar-refractivity contribution in [2.24, 2.45) is 10.8 Å². The second kappa shape index (κ2) is 8.32. The number of carbonyl (C=O) groups excluding carboxylic acids is 2. The van der Waals surface area contributed by atoms with Crippen molar-refractivity contribution in [1.82, 2.24) is 4.90 Å². The molecule has 0 fully saturated rings. The lowest BCUT2D eigenvalue weighted by molar-refractivity contribution is -0.119. The summed E-state index contributed by atoms with van der Waals surface area (Å²) in [5, 5.41) is 9.91. The molecule has 1 aliphatic heterocycles. The van der Waals surface area contributed by atoms with E-state index in [1.165, 1.54) is 0 Å². The summed E-state index contributed by atoms with van der Waals surface area (Å²) in [6.45, 7) is 8.77. The van der Waals surface area contributed by atoms with E-state index in [1.807, 2.05) is 18.2 Å². The van der Waals surface area contributed by atoms with Crippen LogP contribution in [0.5, 0.6) is 11.5 Å². The first kappa shape index (κ1) is 23.6. The van der Waals surface area contributed by atoms with Gasteiger partial charge in [0.25, 0.3) is 0 Å². The van der Waals surface area contributed by atoms with Crippen molar-refractivity contribution < 1.29 is 24.2 Å². The molecule has 0 aromatic heterocycles. The minimum atomic E-state index is -0.433. The molecule has 0 saturated carbocycles. The standard InChI is InChI=1S/C27H35NO5/c1-26(2)12-17-24(19(30)14-26)23(16-7-8-21(32-5)22(11-16)33-6)25-18(28(17)9-10-29)13-27(3,4)15-20(25)31/h7-8,11,23,29H,9-10,12-15H2,1-6H3. The summed E-state index contributed by atoms with van der Waals surface area (Å²) in [5.41, 5.74) is 3.79. The highest BCUT2D eigenvalue weighted by Crippen LogP contribution is 2.54. The number of Topliss-reactive ketones (excluding diaryl/α,β-unsaturated/α-hetero) is 2. The van der Waals surface area contributed by atoms with Crippen LogP contribution in [0.1, 0.15) is 64.9 Å². The normalized spacial score (nSPS) is 22.3. The number of nitrogens with zero attached hydrogens (tertiary/aromatic N) is 1. The Morgan fingerprint density at radius 3 is 1.85 bits per heavy atom. The Morgan fingerprint density at radius 2 is 1.39 bits per heavy atom. The average Bonchev–Trinajstić information content (AvgIpc) is 2.72. The van der Waals surface area contributed by atoms with E-state index in [4.69, 9.17) is 9.47 Å². The molecular formula is C27H35NO5.